The first-order chi connectivity index (χ1) is 9.06. The van der Waals surface area contributed by atoms with Crippen molar-refractivity contribution < 1.29 is 4.92 Å². The van der Waals surface area contributed by atoms with E-state index in [2.05, 4.69) is 28.2 Å². The molecule has 1 fully saturated rings. The molecule has 104 valence electrons. The van der Waals surface area contributed by atoms with Crippen molar-refractivity contribution in [3.8, 4) is 0 Å². The van der Waals surface area contributed by atoms with E-state index in [1.54, 1.807) is 12.1 Å². The molecule has 5 heteroatoms. The van der Waals surface area contributed by atoms with Crippen LogP contribution >= 0.6 is 15.9 Å². The van der Waals surface area contributed by atoms with Gasteiger partial charge in [-0.3, -0.25) is 10.1 Å². The Morgan fingerprint density at radius 2 is 2.26 bits per heavy atom. The predicted molar refractivity (Wildman–Crippen MR) is 79.0 cm³/mol. The van der Waals surface area contributed by atoms with Gasteiger partial charge in [-0.05, 0) is 58.8 Å². The minimum atomic E-state index is -0.355. The van der Waals surface area contributed by atoms with Crippen molar-refractivity contribution in [3.63, 3.8) is 0 Å². The summed E-state index contributed by atoms with van der Waals surface area (Å²) in [6.45, 7) is 4.01. The van der Waals surface area contributed by atoms with Gasteiger partial charge in [0.25, 0.3) is 5.69 Å². The highest BCUT2D eigenvalue weighted by atomic mass is 79.9. The van der Waals surface area contributed by atoms with E-state index in [0.29, 0.717) is 11.0 Å². The van der Waals surface area contributed by atoms with Crippen LogP contribution in [0.4, 0.5) is 5.69 Å². The summed E-state index contributed by atoms with van der Waals surface area (Å²) in [4.78, 5) is 10.5. The van der Waals surface area contributed by atoms with Gasteiger partial charge in [0.15, 0.2) is 0 Å². The zero-order chi connectivity index (χ0) is 13.8. The van der Waals surface area contributed by atoms with Gasteiger partial charge in [-0.15, -0.1) is 0 Å². The van der Waals surface area contributed by atoms with Gasteiger partial charge in [-0.2, -0.15) is 0 Å². The molecule has 0 radical (unpaired) electrons. The van der Waals surface area contributed by atoms with Crippen molar-refractivity contribution in [1.29, 1.82) is 0 Å². The lowest BCUT2D eigenvalue weighted by atomic mass is 10.1. The summed E-state index contributed by atoms with van der Waals surface area (Å²) in [5.74, 6) is 1.61. The second kappa shape index (κ2) is 6.48. The summed E-state index contributed by atoms with van der Waals surface area (Å²) >= 11 is 3.20. The third-order valence-corrected chi connectivity index (χ3v) is 4.44. The van der Waals surface area contributed by atoms with Crippen molar-refractivity contribution in [1.82, 2.24) is 5.32 Å². The van der Waals surface area contributed by atoms with Crippen molar-refractivity contribution >= 4 is 21.6 Å². The van der Waals surface area contributed by atoms with Crippen LogP contribution in [-0.2, 0) is 6.54 Å². The molecule has 1 N–H and O–H groups in total. The Balaban J connectivity index is 1.86. The molecule has 4 nitrogen and oxygen atoms in total. The molecule has 0 saturated heterocycles. The highest BCUT2D eigenvalue weighted by Crippen LogP contribution is 2.30. The van der Waals surface area contributed by atoms with Crippen LogP contribution in [0.15, 0.2) is 22.7 Å². The van der Waals surface area contributed by atoms with Crippen LogP contribution in [0.3, 0.4) is 0 Å². The molecule has 1 aromatic rings. The summed E-state index contributed by atoms with van der Waals surface area (Å²) < 4.78 is 0.533. The monoisotopic (exact) mass is 326 g/mol. The third kappa shape index (κ3) is 4.01. The van der Waals surface area contributed by atoms with E-state index in [1.807, 2.05) is 6.07 Å². The molecule has 0 bridgehead atoms. The number of hydrogen-bond donors (Lipinski definition) is 1. The fraction of sp³-hybridized carbons (Fsp3) is 0.571. The Bertz CT molecular complexity index is 465. The lowest BCUT2D eigenvalue weighted by molar-refractivity contribution is -0.385. The van der Waals surface area contributed by atoms with Crippen LogP contribution in [0.2, 0.25) is 0 Å². The maximum atomic E-state index is 10.8. The van der Waals surface area contributed by atoms with Gasteiger partial charge in [-0.1, -0.05) is 19.4 Å². The molecule has 0 aliphatic heterocycles. The number of nitrogens with zero attached hydrogens (tertiary/aromatic N) is 1. The molecule has 0 spiro atoms. The Kier molecular flexibility index (Phi) is 4.93. The number of rotatable bonds is 5. The number of nitro benzene ring substituents is 1. The number of nitro groups is 1. The molecule has 19 heavy (non-hydrogen) atoms. The maximum Gasteiger partial charge on any atom is 0.283 e. The van der Waals surface area contributed by atoms with Gasteiger partial charge in [0.2, 0.25) is 0 Å². The molecule has 2 rings (SSSR count). The van der Waals surface area contributed by atoms with E-state index in [-0.39, 0.29) is 10.6 Å². The zero-order valence-electron chi connectivity index (χ0n) is 11.1. The second-order valence-corrected chi connectivity index (χ2v) is 6.31. The van der Waals surface area contributed by atoms with Crippen molar-refractivity contribution in [2.45, 2.75) is 32.7 Å². The minimum Gasteiger partial charge on any atom is -0.312 e. The molecular formula is C14H19BrN2O2. The molecular weight excluding hydrogens is 308 g/mol. The molecule has 0 aromatic heterocycles. The summed E-state index contributed by atoms with van der Waals surface area (Å²) in [6, 6.07) is 5.29. The van der Waals surface area contributed by atoms with Crippen molar-refractivity contribution in [2.75, 3.05) is 6.54 Å². The summed E-state index contributed by atoms with van der Waals surface area (Å²) in [5.41, 5.74) is 1.09. The van der Waals surface area contributed by atoms with Crippen LogP contribution in [0.25, 0.3) is 0 Å². The van der Waals surface area contributed by atoms with E-state index in [4.69, 9.17) is 0 Å². The fourth-order valence-electron chi connectivity index (χ4n) is 2.74. The number of benzene rings is 1. The van der Waals surface area contributed by atoms with Crippen LogP contribution in [0.5, 0.6) is 0 Å². The quantitative estimate of drug-likeness (QED) is 0.659. The summed E-state index contributed by atoms with van der Waals surface area (Å²) in [5, 5.41) is 14.3. The van der Waals surface area contributed by atoms with Crippen LogP contribution in [-0.4, -0.2) is 11.5 Å². The smallest absolute Gasteiger partial charge is 0.283 e. The standard InChI is InChI=1S/C14H19BrN2O2/c1-10-2-3-11(6-10)8-16-9-12-4-5-13(15)14(7-12)17(18)19/h4-5,7,10-11,16H,2-3,6,8-9H2,1H3. The van der Waals surface area contributed by atoms with Crippen molar-refractivity contribution in [3.05, 3.63) is 38.3 Å². The first kappa shape index (κ1) is 14.5. The van der Waals surface area contributed by atoms with Crippen molar-refractivity contribution in [2.24, 2.45) is 11.8 Å². The molecule has 2 unspecified atom stereocenters. The molecule has 1 aromatic carbocycles. The minimum absolute atomic E-state index is 0.133. The molecule has 0 amide bonds. The average molecular weight is 327 g/mol. The lowest BCUT2D eigenvalue weighted by Crippen LogP contribution is -2.21. The third-order valence-electron chi connectivity index (χ3n) is 3.77. The maximum absolute atomic E-state index is 10.8. The molecule has 2 atom stereocenters. The highest BCUT2D eigenvalue weighted by Gasteiger charge is 2.20. The van der Waals surface area contributed by atoms with Crippen LogP contribution in [0.1, 0.15) is 31.7 Å². The SMILES string of the molecule is CC1CCC(CNCc2ccc(Br)c([N+](=O)[O-])c2)C1. The normalized spacial score (nSPS) is 22.6. The molecule has 0 heterocycles. The van der Waals surface area contributed by atoms with E-state index in [0.717, 1.165) is 23.9 Å². The first-order valence-electron chi connectivity index (χ1n) is 6.70. The van der Waals surface area contributed by atoms with Gasteiger partial charge in [0.1, 0.15) is 0 Å². The Hall–Kier alpha value is -0.940. The Morgan fingerprint density at radius 3 is 2.89 bits per heavy atom. The van der Waals surface area contributed by atoms with Gasteiger partial charge in [0.05, 0.1) is 9.40 Å². The Labute approximate surface area is 121 Å². The Morgan fingerprint density at radius 1 is 1.47 bits per heavy atom. The first-order valence-corrected chi connectivity index (χ1v) is 7.49. The van der Waals surface area contributed by atoms with Crippen LogP contribution in [0, 0.1) is 22.0 Å². The largest absolute Gasteiger partial charge is 0.312 e. The average Bonchev–Trinajstić information content (AvgIpc) is 2.77. The molecule has 1 aliphatic rings. The van der Waals surface area contributed by atoms with Gasteiger partial charge in [-0.25, -0.2) is 0 Å². The fourth-order valence-corrected chi connectivity index (χ4v) is 3.13. The van der Waals surface area contributed by atoms with Gasteiger partial charge in [0, 0.05) is 12.6 Å². The summed E-state index contributed by atoms with van der Waals surface area (Å²) in [6.07, 6.45) is 3.93. The lowest BCUT2D eigenvalue weighted by Gasteiger charge is -2.11. The molecule has 1 saturated carbocycles. The number of halogens is 1. The van der Waals surface area contributed by atoms with Gasteiger partial charge < -0.3 is 5.32 Å². The summed E-state index contributed by atoms with van der Waals surface area (Å²) in [7, 11) is 0. The molecule has 1 aliphatic carbocycles. The second-order valence-electron chi connectivity index (χ2n) is 5.46. The van der Waals surface area contributed by atoms with E-state index in [9.17, 15) is 10.1 Å². The number of nitrogens with one attached hydrogen (secondary N) is 1. The number of hydrogen-bond acceptors (Lipinski definition) is 3. The zero-order valence-corrected chi connectivity index (χ0v) is 12.6. The predicted octanol–water partition coefficient (Wildman–Crippen LogP) is 3.88. The van der Waals surface area contributed by atoms with E-state index < -0.39 is 0 Å². The van der Waals surface area contributed by atoms with Crippen LogP contribution < -0.4 is 5.32 Å². The van der Waals surface area contributed by atoms with E-state index in [1.165, 1.54) is 19.3 Å². The topological polar surface area (TPSA) is 55.2 Å². The highest BCUT2D eigenvalue weighted by molar-refractivity contribution is 9.10. The van der Waals surface area contributed by atoms with E-state index >= 15 is 0 Å². The van der Waals surface area contributed by atoms with Gasteiger partial charge >= 0.3 is 0 Å².